The first-order valence-corrected chi connectivity index (χ1v) is 7.77. The molecule has 0 aliphatic heterocycles. The van der Waals surface area contributed by atoms with Gasteiger partial charge in [0.05, 0.1) is 16.8 Å². The number of rotatable bonds is 7. The molecule has 0 atom stereocenters. The van der Waals surface area contributed by atoms with E-state index in [1.807, 2.05) is 20.8 Å². The molecule has 0 heterocycles. The quantitative estimate of drug-likeness (QED) is 0.594. The van der Waals surface area contributed by atoms with Crippen LogP contribution in [0, 0.1) is 0 Å². The number of hydrogen-bond donors (Lipinski definition) is 2. The third-order valence-corrected chi connectivity index (χ3v) is 3.76. The fraction of sp³-hybridized carbons (Fsp3) is 0.647. The van der Waals surface area contributed by atoms with Gasteiger partial charge in [-0.15, -0.1) is 0 Å². The standard InChI is InChI=1S/C17H29BO5/c1-15(2,3)22-12-21-14-10-8-13(9-11-14)18(20)23-17(6,7)16(4,5)19/h8-11,19-20H,12H2,1-7H3. The van der Waals surface area contributed by atoms with E-state index in [9.17, 15) is 10.1 Å². The Morgan fingerprint density at radius 3 is 1.91 bits per heavy atom. The molecule has 0 aromatic heterocycles. The van der Waals surface area contributed by atoms with E-state index in [1.54, 1.807) is 52.0 Å². The second-order valence-corrected chi connectivity index (χ2v) is 7.63. The summed E-state index contributed by atoms with van der Waals surface area (Å²) in [7, 11) is -1.13. The van der Waals surface area contributed by atoms with E-state index >= 15 is 0 Å². The van der Waals surface area contributed by atoms with Crippen molar-refractivity contribution >= 4 is 12.6 Å². The van der Waals surface area contributed by atoms with E-state index < -0.39 is 18.3 Å². The maximum Gasteiger partial charge on any atom is 0.491 e. The van der Waals surface area contributed by atoms with Gasteiger partial charge in [0, 0.05) is 0 Å². The maximum absolute atomic E-state index is 10.2. The van der Waals surface area contributed by atoms with Crippen LogP contribution in [0.1, 0.15) is 48.5 Å². The lowest BCUT2D eigenvalue weighted by atomic mass is 9.76. The molecule has 2 N–H and O–H groups in total. The smallest absolute Gasteiger partial charge is 0.468 e. The van der Waals surface area contributed by atoms with Crippen molar-refractivity contribution < 1.29 is 24.3 Å². The van der Waals surface area contributed by atoms with Gasteiger partial charge in [0.15, 0.2) is 6.79 Å². The summed E-state index contributed by atoms with van der Waals surface area (Å²) in [6.45, 7) is 12.8. The van der Waals surface area contributed by atoms with Crippen LogP contribution in [0.15, 0.2) is 24.3 Å². The van der Waals surface area contributed by atoms with Crippen LogP contribution < -0.4 is 10.2 Å². The molecule has 1 aromatic carbocycles. The van der Waals surface area contributed by atoms with Gasteiger partial charge in [0.25, 0.3) is 0 Å². The van der Waals surface area contributed by atoms with Crippen LogP contribution >= 0.6 is 0 Å². The lowest BCUT2D eigenvalue weighted by Gasteiger charge is -2.38. The molecule has 0 fully saturated rings. The summed E-state index contributed by atoms with van der Waals surface area (Å²) >= 11 is 0. The molecule has 23 heavy (non-hydrogen) atoms. The lowest BCUT2D eigenvalue weighted by Crippen LogP contribution is -2.53. The molecule has 0 spiro atoms. The minimum atomic E-state index is -1.13. The van der Waals surface area contributed by atoms with Gasteiger partial charge in [0.2, 0.25) is 0 Å². The first-order valence-electron chi connectivity index (χ1n) is 7.77. The highest BCUT2D eigenvalue weighted by Crippen LogP contribution is 2.25. The summed E-state index contributed by atoms with van der Waals surface area (Å²) in [5, 5.41) is 20.3. The highest BCUT2D eigenvalue weighted by atomic mass is 16.7. The molecule has 0 bridgehead atoms. The van der Waals surface area contributed by atoms with Crippen molar-refractivity contribution in [3.8, 4) is 5.75 Å². The third-order valence-electron chi connectivity index (χ3n) is 3.76. The first-order chi connectivity index (χ1) is 10.3. The minimum absolute atomic E-state index is 0.160. The summed E-state index contributed by atoms with van der Waals surface area (Å²) in [6.07, 6.45) is 0. The molecule has 0 saturated carbocycles. The zero-order valence-electron chi connectivity index (χ0n) is 15.2. The number of ether oxygens (including phenoxy) is 2. The SMILES string of the molecule is CC(C)(C)OCOc1ccc(B(O)OC(C)(C)C(C)(C)O)cc1. The Kier molecular flexibility index (Phi) is 6.27. The van der Waals surface area contributed by atoms with Gasteiger partial charge in [0.1, 0.15) is 5.75 Å². The van der Waals surface area contributed by atoms with E-state index in [2.05, 4.69) is 0 Å². The Bertz CT molecular complexity index is 485. The molecule has 0 saturated heterocycles. The summed E-state index contributed by atoms with van der Waals surface area (Å²) in [5.74, 6) is 0.645. The molecule has 130 valence electrons. The molecular weight excluding hydrogens is 295 g/mol. The van der Waals surface area contributed by atoms with Gasteiger partial charge in [-0.1, -0.05) is 12.1 Å². The Hall–Kier alpha value is -1.08. The number of benzene rings is 1. The van der Waals surface area contributed by atoms with E-state index in [-0.39, 0.29) is 12.4 Å². The van der Waals surface area contributed by atoms with E-state index in [0.717, 1.165) is 0 Å². The monoisotopic (exact) mass is 324 g/mol. The van der Waals surface area contributed by atoms with Gasteiger partial charge in [-0.2, -0.15) is 0 Å². The van der Waals surface area contributed by atoms with Crippen LogP contribution in [0.4, 0.5) is 0 Å². The van der Waals surface area contributed by atoms with Crippen LogP contribution in [-0.4, -0.2) is 40.8 Å². The third kappa shape index (κ3) is 6.51. The van der Waals surface area contributed by atoms with Crippen LogP contribution in [0.3, 0.4) is 0 Å². The predicted octanol–water partition coefficient (Wildman–Crippen LogP) is 2.09. The molecule has 1 aromatic rings. The first kappa shape index (κ1) is 20.0. The Balaban J connectivity index is 2.62. The van der Waals surface area contributed by atoms with Gasteiger partial charge in [-0.25, -0.2) is 0 Å². The van der Waals surface area contributed by atoms with Gasteiger partial charge in [-0.3, -0.25) is 0 Å². The maximum atomic E-state index is 10.2. The van der Waals surface area contributed by atoms with Crippen molar-refractivity contribution in [1.82, 2.24) is 0 Å². The molecule has 0 aliphatic rings. The van der Waals surface area contributed by atoms with Crippen molar-refractivity contribution in [2.24, 2.45) is 0 Å². The second kappa shape index (κ2) is 7.22. The predicted molar refractivity (Wildman–Crippen MR) is 91.8 cm³/mol. The van der Waals surface area contributed by atoms with Crippen LogP contribution in [-0.2, 0) is 9.39 Å². The summed E-state index contributed by atoms with van der Waals surface area (Å²) in [5.41, 5.74) is -1.65. The molecule has 0 unspecified atom stereocenters. The molecular formula is C17H29BO5. The Labute approximate surface area is 139 Å². The Morgan fingerprint density at radius 1 is 0.957 bits per heavy atom. The highest BCUT2D eigenvalue weighted by molar-refractivity contribution is 6.60. The van der Waals surface area contributed by atoms with Crippen molar-refractivity contribution in [1.29, 1.82) is 0 Å². The van der Waals surface area contributed by atoms with Crippen LogP contribution in [0.5, 0.6) is 5.75 Å². The van der Waals surface area contributed by atoms with E-state index in [1.165, 1.54) is 0 Å². The summed E-state index contributed by atoms with van der Waals surface area (Å²) < 4.78 is 16.6. The van der Waals surface area contributed by atoms with Gasteiger partial charge < -0.3 is 24.3 Å². The van der Waals surface area contributed by atoms with Crippen LogP contribution in [0.2, 0.25) is 0 Å². The van der Waals surface area contributed by atoms with Gasteiger partial charge in [-0.05, 0) is 66.1 Å². The topological polar surface area (TPSA) is 68.2 Å². The van der Waals surface area contributed by atoms with Crippen molar-refractivity contribution in [3.05, 3.63) is 24.3 Å². The summed E-state index contributed by atoms with van der Waals surface area (Å²) in [4.78, 5) is 0. The highest BCUT2D eigenvalue weighted by Gasteiger charge is 2.39. The average Bonchev–Trinajstić information content (AvgIpc) is 2.36. The normalized spacial score (nSPS) is 13.1. The molecule has 0 radical (unpaired) electrons. The van der Waals surface area contributed by atoms with Crippen molar-refractivity contribution in [3.63, 3.8) is 0 Å². The second-order valence-electron chi connectivity index (χ2n) is 7.63. The minimum Gasteiger partial charge on any atom is -0.468 e. The van der Waals surface area contributed by atoms with E-state index in [4.69, 9.17) is 14.1 Å². The van der Waals surface area contributed by atoms with Gasteiger partial charge >= 0.3 is 7.12 Å². The lowest BCUT2D eigenvalue weighted by molar-refractivity contribution is -0.0982. The largest absolute Gasteiger partial charge is 0.491 e. The molecule has 5 nitrogen and oxygen atoms in total. The molecule has 1 rings (SSSR count). The Morgan fingerprint density at radius 2 is 1.48 bits per heavy atom. The zero-order chi connectivity index (χ0) is 17.9. The fourth-order valence-electron chi connectivity index (χ4n) is 1.49. The number of hydrogen-bond acceptors (Lipinski definition) is 5. The van der Waals surface area contributed by atoms with Crippen molar-refractivity contribution in [2.45, 2.75) is 65.3 Å². The van der Waals surface area contributed by atoms with E-state index in [0.29, 0.717) is 11.2 Å². The zero-order valence-corrected chi connectivity index (χ0v) is 15.2. The molecule has 6 heteroatoms. The van der Waals surface area contributed by atoms with Crippen molar-refractivity contribution in [2.75, 3.05) is 6.79 Å². The fourth-order valence-corrected chi connectivity index (χ4v) is 1.49. The summed E-state index contributed by atoms with van der Waals surface area (Å²) in [6, 6.07) is 6.92. The number of aliphatic hydroxyl groups is 1. The molecule has 0 aliphatic carbocycles. The van der Waals surface area contributed by atoms with Crippen LogP contribution in [0.25, 0.3) is 0 Å². The average molecular weight is 324 g/mol. The molecule has 0 amide bonds.